The summed E-state index contributed by atoms with van der Waals surface area (Å²) < 4.78 is 11.2. The van der Waals surface area contributed by atoms with E-state index in [0.717, 1.165) is 0 Å². The molecule has 0 saturated carbocycles. The van der Waals surface area contributed by atoms with Gasteiger partial charge >= 0.3 is 0 Å². The summed E-state index contributed by atoms with van der Waals surface area (Å²) in [5.41, 5.74) is 0. The van der Waals surface area contributed by atoms with Crippen LogP contribution in [0.3, 0.4) is 0 Å². The van der Waals surface area contributed by atoms with E-state index in [0.29, 0.717) is 6.42 Å². The summed E-state index contributed by atoms with van der Waals surface area (Å²) >= 11 is 11.1. The average molecular weight is 167 g/mol. The molecule has 0 amide bonds. The zero-order valence-electron chi connectivity index (χ0n) is 4.57. The zero-order valence-corrected chi connectivity index (χ0v) is 6.08. The molecule has 0 saturated heterocycles. The first kappa shape index (κ1) is 7.10. The Kier molecular flexibility index (Phi) is 1.83. The third-order valence-electron chi connectivity index (χ3n) is 1.00. The Bertz CT molecular complexity index is 170. The summed E-state index contributed by atoms with van der Waals surface area (Å²) in [4.78, 5) is 0. The molecule has 1 aliphatic rings. The first-order chi connectivity index (χ1) is 4.10. The Morgan fingerprint density at radius 2 is 2.22 bits per heavy atom. The van der Waals surface area contributed by atoms with Gasteiger partial charge in [0.1, 0.15) is 5.83 Å². The number of halogens is 3. The van der Waals surface area contributed by atoms with Crippen LogP contribution in [0.5, 0.6) is 0 Å². The van der Waals surface area contributed by atoms with E-state index in [-0.39, 0.29) is 5.83 Å². The van der Waals surface area contributed by atoms with Gasteiger partial charge in [-0.2, -0.15) is 0 Å². The second kappa shape index (κ2) is 2.31. The highest BCUT2D eigenvalue weighted by molar-refractivity contribution is 6.51. The number of alkyl halides is 2. The van der Waals surface area contributed by atoms with Crippen molar-refractivity contribution in [2.75, 3.05) is 0 Å². The van der Waals surface area contributed by atoms with Gasteiger partial charge < -0.3 is 0 Å². The molecule has 0 fully saturated rings. The standard InChI is InChI=1S/C6H5Cl2F/c7-6(8)3-1-2-5(9)4-6/h1,3-4H,2H2. The van der Waals surface area contributed by atoms with E-state index in [1.54, 1.807) is 12.2 Å². The van der Waals surface area contributed by atoms with Gasteiger partial charge in [-0.05, 0) is 12.2 Å². The summed E-state index contributed by atoms with van der Waals surface area (Å²) in [5.74, 6) is -0.275. The van der Waals surface area contributed by atoms with Crippen LogP contribution in [-0.4, -0.2) is 4.33 Å². The lowest BCUT2D eigenvalue weighted by molar-refractivity contribution is 0.607. The molecule has 0 N–H and O–H groups in total. The van der Waals surface area contributed by atoms with Gasteiger partial charge in [0.05, 0.1) is 0 Å². The van der Waals surface area contributed by atoms with Crippen LogP contribution in [0.1, 0.15) is 6.42 Å². The van der Waals surface area contributed by atoms with Gasteiger partial charge in [-0.1, -0.05) is 29.3 Å². The minimum atomic E-state index is -1.12. The summed E-state index contributed by atoms with van der Waals surface area (Å²) in [7, 11) is 0. The molecule has 0 spiro atoms. The van der Waals surface area contributed by atoms with Crippen LogP contribution in [0.4, 0.5) is 4.39 Å². The average Bonchev–Trinajstić information content (AvgIpc) is 1.60. The molecule has 1 aliphatic carbocycles. The SMILES string of the molecule is FC1=CC(Cl)(Cl)C=CC1. The van der Waals surface area contributed by atoms with Gasteiger partial charge in [-0.15, -0.1) is 0 Å². The van der Waals surface area contributed by atoms with Gasteiger partial charge in [0.25, 0.3) is 0 Å². The van der Waals surface area contributed by atoms with Crippen molar-refractivity contribution in [2.24, 2.45) is 0 Å². The summed E-state index contributed by atoms with van der Waals surface area (Å²) in [6.45, 7) is 0. The number of hydrogen-bond acceptors (Lipinski definition) is 0. The Balaban J connectivity index is 2.78. The summed E-state index contributed by atoms with van der Waals surface area (Å²) in [6.07, 6.45) is 4.66. The molecule has 0 radical (unpaired) electrons. The fraction of sp³-hybridized carbons (Fsp3) is 0.333. The second-order valence-electron chi connectivity index (χ2n) is 1.87. The Morgan fingerprint density at radius 3 is 2.56 bits per heavy atom. The smallest absolute Gasteiger partial charge is 0.157 e. The van der Waals surface area contributed by atoms with Crippen LogP contribution < -0.4 is 0 Å². The van der Waals surface area contributed by atoms with E-state index in [1.807, 2.05) is 0 Å². The maximum Gasteiger partial charge on any atom is 0.157 e. The molecule has 0 nitrogen and oxygen atoms in total. The van der Waals surface area contributed by atoms with Crippen molar-refractivity contribution in [3.63, 3.8) is 0 Å². The van der Waals surface area contributed by atoms with Crippen molar-refractivity contribution in [2.45, 2.75) is 10.8 Å². The lowest BCUT2D eigenvalue weighted by Gasteiger charge is -2.12. The molecule has 50 valence electrons. The molecule has 0 aromatic carbocycles. The predicted octanol–water partition coefficient (Wildman–Crippen LogP) is 2.97. The van der Waals surface area contributed by atoms with Crippen LogP contribution in [0.15, 0.2) is 24.1 Å². The van der Waals surface area contributed by atoms with E-state index in [9.17, 15) is 4.39 Å². The van der Waals surface area contributed by atoms with Crippen molar-refractivity contribution in [1.82, 2.24) is 0 Å². The first-order valence-electron chi connectivity index (χ1n) is 2.53. The first-order valence-corrected chi connectivity index (χ1v) is 3.28. The minimum absolute atomic E-state index is 0.275. The molecule has 9 heavy (non-hydrogen) atoms. The largest absolute Gasteiger partial charge is 0.212 e. The van der Waals surface area contributed by atoms with Gasteiger partial charge in [0.2, 0.25) is 0 Å². The third-order valence-corrected chi connectivity index (χ3v) is 1.47. The number of hydrogen-bond donors (Lipinski definition) is 0. The van der Waals surface area contributed by atoms with Crippen LogP contribution in [-0.2, 0) is 0 Å². The molecule has 0 aromatic rings. The topological polar surface area (TPSA) is 0 Å². The van der Waals surface area contributed by atoms with Gasteiger partial charge in [-0.3, -0.25) is 0 Å². The Labute approximate surface area is 63.0 Å². The highest BCUT2D eigenvalue weighted by Crippen LogP contribution is 2.30. The van der Waals surface area contributed by atoms with Crippen LogP contribution >= 0.6 is 23.2 Å². The van der Waals surface area contributed by atoms with E-state index in [4.69, 9.17) is 23.2 Å². The van der Waals surface area contributed by atoms with Gasteiger partial charge in [0.15, 0.2) is 4.33 Å². The molecular formula is C6H5Cl2F. The lowest BCUT2D eigenvalue weighted by atomic mass is 10.2. The summed E-state index contributed by atoms with van der Waals surface area (Å²) in [6, 6.07) is 0. The number of allylic oxidation sites excluding steroid dienone is 4. The molecule has 0 atom stereocenters. The van der Waals surface area contributed by atoms with Crippen LogP contribution in [0.2, 0.25) is 0 Å². The normalized spacial score (nSPS) is 23.7. The van der Waals surface area contributed by atoms with Gasteiger partial charge in [-0.25, -0.2) is 4.39 Å². The number of rotatable bonds is 0. The predicted molar refractivity (Wildman–Crippen MR) is 37.4 cm³/mol. The molecule has 0 bridgehead atoms. The highest BCUT2D eigenvalue weighted by Gasteiger charge is 2.20. The third kappa shape index (κ3) is 1.99. The van der Waals surface area contributed by atoms with Crippen molar-refractivity contribution in [1.29, 1.82) is 0 Å². The highest BCUT2D eigenvalue weighted by atomic mass is 35.5. The lowest BCUT2D eigenvalue weighted by Crippen LogP contribution is -2.06. The maximum atomic E-state index is 12.3. The van der Waals surface area contributed by atoms with Crippen LogP contribution in [0, 0.1) is 0 Å². The monoisotopic (exact) mass is 166 g/mol. The van der Waals surface area contributed by atoms with E-state index in [1.165, 1.54) is 6.08 Å². The molecule has 0 aliphatic heterocycles. The fourth-order valence-corrected chi connectivity index (χ4v) is 1.06. The molecular weight excluding hydrogens is 162 g/mol. The van der Waals surface area contributed by atoms with Crippen LogP contribution in [0.25, 0.3) is 0 Å². The van der Waals surface area contributed by atoms with E-state index < -0.39 is 4.33 Å². The molecule has 3 heteroatoms. The fourth-order valence-electron chi connectivity index (χ4n) is 0.644. The molecule has 0 aromatic heterocycles. The van der Waals surface area contributed by atoms with Gasteiger partial charge in [0, 0.05) is 6.42 Å². The van der Waals surface area contributed by atoms with Crippen molar-refractivity contribution in [3.05, 3.63) is 24.1 Å². The molecule has 1 rings (SSSR count). The minimum Gasteiger partial charge on any atom is -0.212 e. The van der Waals surface area contributed by atoms with E-state index >= 15 is 0 Å². The Morgan fingerprint density at radius 1 is 1.56 bits per heavy atom. The summed E-state index contributed by atoms with van der Waals surface area (Å²) in [5, 5.41) is 0. The van der Waals surface area contributed by atoms with E-state index in [2.05, 4.69) is 0 Å². The second-order valence-corrected chi connectivity index (χ2v) is 3.32. The maximum absolute atomic E-state index is 12.3. The Hall–Kier alpha value is -0.0100. The quantitative estimate of drug-likeness (QED) is 0.384. The molecule has 0 heterocycles. The van der Waals surface area contributed by atoms with Crippen molar-refractivity contribution < 1.29 is 4.39 Å². The molecule has 0 unspecified atom stereocenters. The van der Waals surface area contributed by atoms with Crippen molar-refractivity contribution in [3.8, 4) is 0 Å². The zero-order chi connectivity index (χ0) is 6.91. The van der Waals surface area contributed by atoms with Crippen molar-refractivity contribution >= 4 is 23.2 Å².